The second-order valence-corrected chi connectivity index (χ2v) is 14.3. The van der Waals surface area contributed by atoms with E-state index in [4.69, 9.17) is 13.9 Å². The fraction of sp³-hybridized carbons (Fsp3) is 0.486. The molecule has 0 spiro atoms. The zero-order chi connectivity index (χ0) is 33.2. The Morgan fingerprint density at radius 2 is 1.83 bits per heavy atom. The number of thioether (sulfide) groups is 1. The highest BCUT2D eigenvalue weighted by Gasteiger charge is 2.78. The van der Waals surface area contributed by atoms with E-state index in [1.807, 2.05) is 0 Å². The van der Waals surface area contributed by atoms with Crippen molar-refractivity contribution in [3.63, 3.8) is 0 Å². The Morgan fingerprint density at radius 3 is 2.48 bits per heavy atom. The van der Waals surface area contributed by atoms with Crippen LogP contribution < -0.4 is 4.74 Å². The molecular formula is C35H36F2O8S. The summed E-state index contributed by atoms with van der Waals surface area (Å²) in [4.78, 5) is 53.3. The SMILES string of the molecule is COc1ccc(C(=O)CSC(=O)[C@@]2(OC(=O)c3ccco3)[C@H](C)C[C@H]3[C@@H]4C[C@H](F)C5=CC(=O)C=C[C@]5(C)[C@@]4(F)[C@@H](O)C[C@@]32C)cc1. The van der Waals surface area contributed by atoms with Crippen LogP contribution in [0.2, 0.25) is 0 Å². The molecule has 0 bridgehead atoms. The molecule has 0 unspecified atom stereocenters. The highest BCUT2D eigenvalue weighted by atomic mass is 32.2. The average molecular weight is 655 g/mol. The summed E-state index contributed by atoms with van der Waals surface area (Å²) in [6.45, 7) is 4.90. The summed E-state index contributed by atoms with van der Waals surface area (Å²) in [5.74, 6) is -4.04. The minimum absolute atomic E-state index is 0.00775. The van der Waals surface area contributed by atoms with Crippen LogP contribution in [0.5, 0.6) is 5.75 Å². The summed E-state index contributed by atoms with van der Waals surface area (Å²) < 4.78 is 50.2. The molecule has 4 aliphatic rings. The van der Waals surface area contributed by atoms with Crippen molar-refractivity contribution in [2.45, 2.75) is 63.6 Å². The van der Waals surface area contributed by atoms with Crippen LogP contribution in [0.4, 0.5) is 8.78 Å². The predicted octanol–water partition coefficient (Wildman–Crippen LogP) is 5.89. The molecule has 8 nitrogen and oxygen atoms in total. The average Bonchev–Trinajstić information content (AvgIpc) is 3.65. The topological polar surface area (TPSA) is 120 Å². The van der Waals surface area contributed by atoms with Crippen molar-refractivity contribution in [2.24, 2.45) is 28.6 Å². The van der Waals surface area contributed by atoms with E-state index in [9.17, 15) is 24.3 Å². The number of fused-ring (bicyclic) bond motifs is 5. The van der Waals surface area contributed by atoms with Gasteiger partial charge in [-0.25, -0.2) is 13.6 Å². The molecule has 0 radical (unpaired) electrons. The van der Waals surface area contributed by atoms with Crippen molar-refractivity contribution in [1.29, 1.82) is 0 Å². The Hall–Kier alpha value is -3.57. The number of rotatable bonds is 7. The van der Waals surface area contributed by atoms with E-state index in [-0.39, 0.29) is 42.1 Å². The molecule has 1 N–H and O–H groups in total. The fourth-order valence-corrected chi connectivity index (χ4v) is 10.0. The van der Waals surface area contributed by atoms with Gasteiger partial charge in [0.1, 0.15) is 11.9 Å². The maximum Gasteiger partial charge on any atom is 0.375 e. The predicted molar refractivity (Wildman–Crippen MR) is 165 cm³/mol. The fourth-order valence-electron chi connectivity index (χ4n) is 8.91. The van der Waals surface area contributed by atoms with E-state index in [1.165, 1.54) is 44.6 Å². The van der Waals surface area contributed by atoms with Gasteiger partial charge in [-0.15, -0.1) is 0 Å². The molecule has 9 atom stereocenters. The van der Waals surface area contributed by atoms with Crippen LogP contribution in [0.25, 0.3) is 0 Å². The molecular weight excluding hydrogens is 618 g/mol. The van der Waals surface area contributed by atoms with E-state index < -0.39 is 69.0 Å². The number of methoxy groups -OCH3 is 1. The van der Waals surface area contributed by atoms with Crippen LogP contribution in [0, 0.1) is 28.6 Å². The van der Waals surface area contributed by atoms with Crippen LogP contribution in [0.15, 0.2) is 70.9 Å². The van der Waals surface area contributed by atoms with E-state index in [1.54, 1.807) is 38.1 Å². The van der Waals surface area contributed by atoms with Gasteiger partial charge in [-0.05, 0) is 86.2 Å². The molecule has 3 fully saturated rings. The van der Waals surface area contributed by atoms with Gasteiger partial charge in [0.25, 0.3) is 0 Å². The monoisotopic (exact) mass is 654 g/mol. The molecule has 0 aliphatic heterocycles. The number of furan rings is 1. The third-order valence-corrected chi connectivity index (χ3v) is 12.2. The van der Waals surface area contributed by atoms with Gasteiger partial charge in [-0.2, -0.15) is 0 Å². The van der Waals surface area contributed by atoms with Gasteiger partial charge in [0.2, 0.25) is 10.9 Å². The summed E-state index contributed by atoms with van der Waals surface area (Å²) in [7, 11) is 1.50. The smallest absolute Gasteiger partial charge is 0.375 e. The lowest BCUT2D eigenvalue weighted by Gasteiger charge is -2.63. The Labute approximate surface area is 269 Å². The van der Waals surface area contributed by atoms with E-state index in [0.717, 1.165) is 6.08 Å². The number of carbonyl (C=O) groups is 4. The summed E-state index contributed by atoms with van der Waals surface area (Å²) in [6, 6.07) is 9.31. The minimum Gasteiger partial charge on any atom is -0.497 e. The molecule has 46 heavy (non-hydrogen) atoms. The number of allylic oxidation sites excluding steroid dienone is 4. The molecule has 1 aromatic heterocycles. The van der Waals surface area contributed by atoms with Crippen molar-refractivity contribution in [3.8, 4) is 5.75 Å². The van der Waals surface area contributed by atoms with E-state index in [0.29, 0.717) is 23.1 Å². The Bertz CT molecular complexity index is 1640. The first-order valence-electron chi connectivity index (χ1n) is 15.3. The van der Waals surface area contributed by atoms with Crippen LogP contribution in [-0.4, -0.2) is 64.2 Å². The highest BCUT2D eigenvalue weighted by Crippen LogP contribution is 2.72. The minimum atomic E-state index is -2.37. The van der Waals surface area contributed by atoms with Gasteiger partial charge in [0.05, 0.1) is 25.2 Å². The lowest BCUT2D eigenvalue weighted by Crippen LogP contribution is -2.70. The molecule has 244 valence electrons. The first-order chi connectivity index (χ1) is 21.7. The normalized spacial score (nSPS) is 37.8. The number of ether oxygens (including phenoxy) is 2. The Kier molecular flexibility index (Phi) is 7.95. The first kappa shape index (κ1) is 32.4. The molecule has 6 rings (SSSR count). The van der Waals surface area contributed by atoms with E-state index >= 15 is 8.78 Å². The summed E-state index contributed by atoms with van der Waals surface area (Å²) in [5.41, 5.74) is -6.90. The van der Waals surface area contributed by atoms with Crippen molar-refractivity contribution >= 4 is 34.4 Å². The number of esters is 1. The van der Waals surface area contributed by atoms with E-state index in [2.05, 4.69) is 0 Å². The zero-order valence-corrected chi connectivity index (χ0v) is 26.8. The largest absolute Gasteiger partial charge is 0.497 e. The maximum atomic E-state index is 17.7. The van der Waals surface area contributed by atoms with Gasteiger partial charge >= 0.3 is 5.97 Å². The summed E-state index contributed by atoms with van der Waals surface area (Å²) >= 11 is 0.696. The number of hydrogen-bond acceptors (Lipinski definition) is 9. The lowest BCUT2D eigenvalue weighted by molar-refractivity contribution is -0.221. The van der Waals surface area contributed by atoms with Crippen LogP contribution in [0.1, 0.15) is 60.9 Å². The highest BCUT2D eigenvalue weighted by molar-refractivity contribution is 8.14. The molecule has 11 heteroatoms. The number of benzene rings is 1. The van der Waals surface area contributed by atoms with Crippen molar-refractivity contribution in [2.75, 3.05) is 12.9 Å². The number of halogens is 2. The molecule has 0 saturated heterocycles. The van der Waals surface area contributed by atoms with Gasteiger partial charge < -0.3 is 19.0 Å². The molecule has 1 heterocycles. The lowest BCUT2D eigenvalue weighted by atomic mass is 9.44. The van der Waals surface area contributed by atoms with Gasteiger partial charge in [-0.1, -0.05) is 31.7 Å². The van der Waals surface area contributed by atoms with Gasteiger partial charge in [-0.3, -0.25) is 14.4 Å². The number of Topliss-reactive ketones (excluding diaryl/α,β-unsaturated/α-hetero) is 1. The van der Waals surface area contributed by atoms with Gasteiger partial charge in [0, 0.05) is 28.2 Å². The van der Waals surface area contributed by atoms with Crippen LogP contribution in [-0.2, 0) is 14.3 Å². The molecule has 1 aromatic carbocycles. The zero-order valence-electron chi connectivity index (χ0n) is 26.0. The first-order valence-corrected chi connectivity index (χ1v) is 16.3. The Morgan fingerprint density at radius 1 is 1.11 bits per heavy atom. The van der Waals surface area contributed by atoms with Crippen LogP contribution in [0.3, 0.4) is 0 Å². The van der Waals surface area contributed by atoms with Crippen LogP contribution >= 0.6 is 11.8 Å². The van der Waals surface area contributed by atoms with Crippen molar-refractivity contribution in [3.05, 3.63) is 77.8 Å². The number of ketones is 2. The standard InChI is InChI=1S/C35H36F2O8S/c1-19-14-23-24-16-26(36)25-15-21(38)11-12-32(25,2)34(24,37)29(40)17-33(23,3)35(19,45-30(41)28-6-5-13-44-28)31(42)46-18-27(39)20-7-9-22(43-4)10-8-20/h5-13,15,19,23-24,26,29,40H,14,16-18H2,1-4H3/t19-,23+,24+,26+,29+,32+,33+,34+,35+/m1/s1. The van der Waals surface area contributed by atoms with Gasteiger partial charge in [0.15, 0.2) is 22.8 Å². The maximum absolute atomic E-state index is 17.7. The molecule has 3 saturated carbocycles. The Balaban J connectivity index is 1.39. The number of aliphatic hydroxyl groups is 1. The molecule has 0 amide bonds. The molecule has 2 aromatic rings. The third kappa shape index (κ3) is 4.48. The summed E-state index contributed by atoms with van der Waals surface area (Å²) in [5, 5.41) is 11.2. The van der Waals surface area contributed by atoms with Crippen molar-refractivity contribution < 1.29 is 47.0 Å². The molecule has 4 aliphatic carbocycles. The third-order valence-electron chi connectivity index (χ3n) is 11.2. The quantitative estimate of drug-likeness (QED) is 0.288. The second-order valence-electron chi connectivity index (χ2n) is 13.3. The number of carbonyl (C=O) groups excluding carboxylic acids is 4. The number of alkyl halides is 2. The number of aliphatic hydroxyl groups excluding tert-OH is 1. The second kappa shape index (κ2) is 11.3. The van der Waals surface area contributed by atoms with Crippen molar-refractivity contribution in [1.82, 2.24) is 0 Å². The summed E-state index contributed by atoms with van der Waals surface area (Å²) in [6.07, 6.45) is 1.17. The number of hydrogen-bond donors (Lipinski definition) is 1.